The number of aromatic nitrogens is 3. The summed E-state index contributed by atoms with van der Waals surface area (Å²) in [6, 6.07) is 17.8. The first-order valence-electron chi connectivity index (χ1n) is 8.66. The number of hydrogen-bond acceptors (Lipinski definition) is 6. The molecule has 1 aromatic heterocycles. The molecule has 0 bridgehead atoms. The average molecular weight is 380 g/mol. The quantitative estimate of drug-likeness (QED) is 0.633. The van der Waals surface area contributed by atoms with E-state index in [1.165, 1.54) is 11.8 Å². The highest BCUT2D eigenvalue weighted by Gasteiger charge is 2.23. The summed E-state index contributed by atoms with van der Waals surface area (Å²) in [6.45, 7) is 0.162. The Hall–Kier alpha value is -3.68. The fraction of sp³-hybridized carbons (Fsp3) is 0.200. The molecule has 0 radical (unpaired) electrons. The van der Waals surface area contributed by atoms with Gasteiger partial charge in [-0.2, -0.15) is 0 Å². The number of rotatable bonds is 7. The maximum Gasteiger partial charge on any atom is 0.408 e. The van der Waals surface area contributed by atoms with Gasteiger partial charge in [-0.05, 0) is 5.56 Å². The second-order valence-electron chi connectivity index (χ2n) is 5.97. The van der Waals surface area contributed by atoms with Gasteiger partial charge < -0.3 is 14.8 Å². The zero-order chi connectivity index (χ0) is 19.8. The van der Waals surface area contributed by atoms with E-state index in [1.54, 1.807) is 6.20 Å². The molecule has 1 heterocycles. The highest BCUT2D eigenvalue weighted by atomic mass is 16.6. The van der Waals surface area contributed by atoms with Gasteiger partial charge in [-0.3, -0.25) is 0 Å². The number of methoxy groups -OCH3 is 1. The summed E-state index contributed by atoms with van der Waals surface area (Å²) >= 11 is 0. The average Bonchev–Trinajstić information content (AvgIpc) is 3.21. The second kappa shape index (κ2) is 9.31. The van der Waals surface area contributed by atoms with Crippen molar-refractivity contribution in [1.82, 2.24) is 20.3 Å². The zero-order valence-electron chi connectivity index (χ0n) is 15.3. The van der Waals surface area contributed by atoms with Crippen LogP contribution in [-0.2, 0) is 27.4 Å². The van der Waals surface area contributed by atoms with Crippen molar-refractivity contribution in [2.45, 2.75) is 19.2 Å². The van der Waals surface area contributed by atoms with E-state index in [9.17, 15) is 9.59 Å². The molecular formula is C20H20N4O4. The predicted molar refractivity (Wildman–Crippen MR) is 101 cm³/mol. The summed E-state index contributed by atoms with van der Waals surface area (Å²) in [6.07, 6.45) is 0.977. The number of carbonyl (C=O) groups excluding carboxylic acids is 2. The van der Waals surface area contributed by atoms with Crippen molar-refractivity contribution in [1.29, 1.82) is 0 Å². The lowest BCUT2D eigenvalue weighted by Crippen LogP contribution is -2.44. The number of nitrogens with zero attached hydrogens (tertiary/aromatic N) is 3. The number of benzene rings is 2. The Kier molecular flexibility index (Phi) is 6.35. The summed E-state index contributed by atoms with van der Waals surface area (Å²) in [5.74, 6) is -0.603. The number of amides is 1. The largest absolute Gasteiger partial charge is 0.467 e. The van der Waals surface area contributed by atoms with Crippen LogP contribution in [0.5, 0.6) is 0 Å². The van der Waals surface area contributed by atoms with Gasteiger partial charge in [0, 0.05) is 5.56 Å². The number of hydrogen-bond donors (Lipinski definition) is 1. The highest BCUT2D eigenvalue weighted by Crippen LogP contribution is 2.15. The summed E-state index contributed by atoms with van der Waals surface area (Å²) in [4.78, 5) is 24.1. The Morgan fingerprint density at radius 2 is 1.75 bits per heavy atom. The van der Waals surface area contributed by atoms with Crippen molar-refractivity contribution in [3.05, 3.63) is 72.4 Å². The Bertz CT molecular complexity index is 912. The molecule has 3 rings (SSSR count). The van der Waals surface area contributed by atoms with Crippen molar-refractivity contribution in [2.75, 3.05) is 7.11 Å². The zero-order valence-corrected chi connectivity index (χ0v) is 15.3. The molecule has 1 atom stereocenters. The third kappa shape index (κ3) is 5.16. The highest BCUT2D eigenvalue weighted by molar-refractivity contribution is 5.81. The van der Waals surface area contributed by atoms with E-state index >= 15 is 0 Å². The van der Waals surface area contributed by atoms with Crippen molar-refractivity contribution in [3.8, 4) is 11.3 Å². The molecule has 2 aromatic carbocycles. The summed E-state index contributed by atoms with van der Waals surface area (Å²) < 4.78 is 11.4. The molecule has 0 saturated carbocycles. The molecule has 8 nitrogen and oxygen atoms in total. The monoisotopic (exact) mass is 380 g/mol. The van der Waals surface area contributed by atoms with Crippen LogP contribution in [0, 0.1) is 0 Å². The molecule has 0 aliphatic rings. The van der Waals surface area contributed by atoms with Crippen LogP contribution in [0.25, 0.3) is 11.3 Å². The molecule has 0 unspecified atom stereocenters. The smallest absolute Gasteiger partial charge is 0.408 e. The van der Waals surface area contributed by atoms with Crippen LogP contribution >= 0.6 is 0 Å². The summed E-state index contributed by atoms with van der Waals surface area (Å²) in [5.41, 5.74) is 2.41. The Morgan fingerprint density at radius 1 is 1.07 bits per heavy atom. The Labute approximate surface area is 162 Å². The molecule has 0 spiro atoms. The van der Waals surface area contributed by atoms with Gasteiger partial charge in [0.25, 0.3) is 0 Å². The number of ether oxygens (including phenoxy) is 2. The van der Waals surface area contributed by atoms with E-state index in [4.69, 9.17) is 9.47 Å². The molecule has 3 aromatic rings. The molecule has 8 heteroatoms. The maximum atomic E-state index is 12.1. The normalized spacial score (nSPS) is 11.5. The van der Waals surface area contributed by atoms with Gasteiger partial charge in [-0.15, -0.1) is 5.10 Å². The Morgan fingerprint density at radius 3 is 2.43 bits per heavy atom. The molecule has 1 amide bonds. The van der Waals surface area contributed by atoms with Gasteiger partial charge in [0.15, 0.2) is 0 Å². The number of alkyl carbamates (subject to hydrolysis) is 1. The molecule has 0 aliphatic heterocycles. The Balaban J connectivity index is 1.61. The minimum absolute atomic E-state index is 0.0624. The SMILES string of the molecule is COC(=O)[C@H](Cn1cc(-c2ccccc2)nn1)NC(=O)OCc1ccccc1. The van der Waals surface area contributed by atoms with Crippen molar-refractivity contribution < 1.29 is 19.1 Å². The van der Waals surface area contributed by atoms with E-state index in [0.29, 0.717) is 5.69 Å². The van der Waals surface area contributed by atoms with Crippen molar-refractivity contribution >= 4 is 12.1 Å². The molecule has 0 aliphatic carbocycles. The number of nitrogens with one attached hydrogen (secondary N) is 1. The van der Waals surface area contributed by atoms with E-state index in [2.05, 4.69) is 15.6 Å². The van der Waals surface area contributed by atoms with E-state index in [1.807, 2.05) is 60.7 Å². The van der Waals surface area contributed by atoms with Gasteiger partial charge in [0.2, 0.25) is 0 Å². The van der Waals surface area contributed by atoms with Crippen molar-refractivity contribution in [3.63, 3.8) is 0 Å². The predicted octanol–water partition coefficient (Wildman–Crippen LogP) is 2.41. The summed E-state index contributed by atoms with van der Waals surface area (Å²) in [5, 5.41) is 10.6. The standard InChI is InChI=1S/C20H20N4O4/c1-27-19(25)18(21-20(26)28-14-15-8-4-2-5-9-15)13-24-12-17(22-23-24)16-10-6-3-7-11-16/h2-12,18H,13-14H2,1H3,(H,21,26)/t18-/m0/s1. The van der Waals surface area contributed by atoms with E-state index in [0.717, 1.165) is 11.1 Å². The molecule has 0 saturated heterocycles. The third-order valence-electron chi connectivity index (χ3n) is 3.97. The van der Waals surface area contributed by atoms with Crippen LogP contribution in [0.3, 0.4) is 0 Å². The van der Waals surface area contributed by atoms with Gasteiger partial charge in [-0.25, -0.2) is 14.3 Å². The molecule has 1 N–H and O–H groups in total. The van der Waals surface area contributed by atoms with Crippen LogP contribution in [0.4, 0.5) is 4.79 Å². The first-order valence-corrected chi connectivity index (χ1v) is 8.66. The number of esters is 1. The minimum atomic E-state index is -0.960. The first-order chi connectivity index (χ1) is 13.7. The van der Waals surface area contributed by atoms with Gasteiger partial charge in [0.05, 0.1) is 19.9 Å². The third-order valence-corrected chi connectivity index (χ3v) is 3.97. The van der Waals surface area contributed by atoms with Crippen LogP contribution in [0.15, 0.2) is 66.9 Å². The van der Waals surface area contributed by atoms with Gasteiger partial charge in [-0.1, -0.05) is 65.9 Å². The summed E-state index contributed by atoms with van der Waals surface area (Å²) in [7, 11) is 1.25. The molecule has 28 heavy (non-hydrogen) atoms. The number of carbonyl (C=O) groups is 2. The molecular weight excluding hydrogens is 360 g/mol. The van der Waals surface area contributed by atoms with Crippen molar-refractivity contribution in [2.24, 2.45) is 0 Å². The van der Waals surface area contributed by atoms with E-state index < -0.39 is 18.1 Å². The topological polar surface area (TPSA) is 95.3 Å². The fourth-order valence-electron chi connectivity index (χ4n) is 2.54. The fourth-order valence-corrected chi connectivity index (χ4v) is 2.54. The van der Waals surface area contributed by atoms with Gasteiger partial charge in [0.1, 0.15) is 18.3 Å². The van der Waals surface area contributed by atoms with E-state index in [-0.39, 0.29) is 13.2 Å². The van der Waals surface area contributed by atoms with Gasteiger partial charge >= 0.3 is 12.1 Å². The van der Waals surface area contributed by atoms with Crippen LogP contribution < -0.4 is 5.32 Å². The van der Waals surface area contributed by atoms with Crippen LogP contribution in [-0.4, -0.2) is 40.2 Å². The second-order valence-corrected chi connectivity index (χ2v) is 5.97. The first kappa shape index (κ1) is 19.1. The minimum Gasteiger partial charge on any atom is -0.467 e. The maximum absolute atomic E-state index is 12.1. The molecule has 144 valence electrons. The molecule has 0 fully saturated rings. The lowest BCUT2D eigenvalue weighted by molar-refractivity contribution is -0.143. The van der Waals surface area contributed by atoms with Crippen LogP contribution in [0.2, 0.25) is 0 Å². The van der Waals surface area contributed by atoms with Crippen LogP contribution in [0.1, 0.15) is 5.56 Å². The lowest BCUT2D eigenvalue weighted by Gasteiger charge is -2.16. The lowest BCUT2D eigenvalue weighted by atomic mass is 10.2.